The van der Waals surface area contributed by atoms with Gasteiger partial charge in [0.15, 0.2) is 6.29 Å². The van der Waals surface area contributed by atoms with Crippen molar-refractivity contribution in [1.29, 1.82) is 0 Å². The minimum absolute atomic E-state index is 0.112. The molecular weight excluding hydrogens is 557 g/mol. The summed E-state index contributed by atoms with van der Waals surface area (Å²) < 4.78 is 5.06. The summed E-state index contributed by atoms with van der Waals surface area (Å²) in [5, 5.41) is 17.6. The number of unbranched alkanes of at least 4 members (excludes halogenated alkanes) is 1. The van der Waals surface area contributed by atoms with E-state index in [4.69, 9.17) is 55.4 Å². The second-order valence-electron chi connectivity index (χ2n) is 8.08. The van der Waals surface area contributed by atoms with Gasteiger partial charge in [-0.2, -0.15) is 0 Å². The quantitative estimate of drug-likeness (QED) is 0.163. The van der Waals surface area contributed by atoms with Crippen molar-refractivity contribution in [3.63, 3.8) is 0 Å². The number of rotatable bonds is 10. The second-order valence-corrected chi connectivity index (χ2v) is 8.93. The van der Waals surface area contributed by atoms with Crippen LogP contribution in [0.4, 0.5) is 0 Å². The van der Waals surface area contributed by atoms with Gasteiger partial charge in [0.2, 0.25) is 0 Å². The van der Waals surface area contributed by atoms with E-state index >= 15 is 0 Å². The predicted molar refractivity (Wildman–Crippen MR) is 159 cm³/mol. The van der Waals surface area contributed by atoms with E-state index in [9.17, 15) is 14.4 Å². The van der Waals surface area contributed by atoms with Crippen LogP contribution in [0.3, 0.4) is 0 Å². The lowest BCUT2D eigenvalue weighted by molar-refractivity contribution is -0.139. The molecule has 9 nitrogen and oxygen atoms in total. The van der Waals surface area contributed by atoms with Crippen molar-refractivity contribution in [3.8, 4) is 5.75 Å². The van der Waals surface area contributed by atoms with Gasteiger partial charge in [-0.05, 0) is 49.2 Å². The molecule has 0 bridgehead atoms. The van der Waals surface area contributed by atoms with Gasteiger partial charge >= 0.3 is 11.9 Å². The van der Waals surface area contributed by atoms with Crippen LogP contribution in [-0.2, 0) is 22.6 Å². The fraction of sp³-hybridized carbons (Fsp3) is 0.276. The highest BCUT2D eigenvalue weighted by Crippen LogP contribution is 2.19. The van der Waals surface area contributed by atoms with Crippen molar-refractivity contribution < 1.29 is 29.3 Å². The topological polar surface area (TPSA) is 179 Å². The average molecular weight is 595 g/mol. The number of hydrogen-bond acceptors (Lipinski definition) is 7. The van der Waals surface area contributed by atoms with E-state index in [0.717, 1.165) is 29.7 Å². The number of carboxylic acids is 2. The molecule has 1 atom stereocenters. The maximum Gasteiger partial charge on any atom is 0.320 e. The zero-order valence-electron chi connectivity index (χ0n) is 22.3. The van der Waals surface area contributed by atoms with Crippen LogP contribution >= 0.6 is 23.2 Å². The standard InChI is InChI=1S/C8H11NO.C8H8O2.C7H4Cl2O.C6H14N2O2/c1-10-8-5-3-2-4-7(8)6-9;9-8(10)6-7-4-2-1-3-5-7;8-6-2-1-5(4-10)7(9)3-6;7-4-2-1-3-5(8)6(9)10/h2-5H,6,9H2,1H3;1-5H,6H2,(H,9,10);1-4H;5H,1-4,7-8H2,(H,9,10). The summed E-state index contributed by atoms with van der Waals surface area (Å²) in [7, 11) is 1.65. The van der Waals surface area contributed by atoms with Gasteiger partial charge in [-0.25, -0.2) is 0 Å². The van der Waals surface area contributed by atoms with Crippen LogP contribution in [0.2, 0.25) is 10.0 Å². The first-order chi connectivity index (χ1) is 19.1. The van der Waals surface area contributed by atoms with Gasteiger partial charge in [0.25, 0.3) is 0 Å². The van der Waals surface area contributed by atoms with Crippen LogP contribution in [0.5, 0.6) is 5.75 Å². The Morgan fingerprint density at radius 2 is 1.57 bits per heavy atom. The minimum atomic E-state index is -0.933. The molecule has 0 aliphatic rings. The number of carbonyl (C=O) groups excluding carboxylic acids is 1. The Balaban J connectivity index is 0.000000507. The summed E-state index contributed by atoms with van der Waals surface area (Å²) in [5.74, 6) is -0.853. The molecule has 0 aromatic heterocycles. The summed E-state index contributed by atoms with van der Waals surface area (Å²) in [6, 6.07) is 20.9. The Morgan fingerprint density at radius 3 is 2.05 bits per heavy atom. The Labute approximate surface area is 244 Å². The van der Waals surface area contributed by atoms with E-state index in [1.54, 1.807) is 31.4 Å². The van der Waals surface area contributed by atoms with E-state index in [-0.39, 0.29) is 6.42 Å². The van der Waals surface area contributed by atoms with Gasteiger partial charge in [0.1, 0.15) is 11.8 Å². The normalized spacial score (nSPS) is 10.2. The number of hydrogen-bond donors (Lipinski definition) is 5. The Morgan fingerprint density at radius 1 is 0.950 bits per heavy atom. The Hall–Kier alpha value is -3.47. The van der Waals surface area contributed by atoms with E-state index in [1.165, 1.54) is 6.07 Å². The predicted octanol–water partition coefficient (Wildman–Crippen LogP) is 4.80. The van der Waals surface area contributed by atoms with Crippen LogP contribution in [0, 0.1) is 0 Å². The molecule has 11 heteroatoms. The van der Waals surface area contributed by atoms with E-state index in [2.05, 4.69) is 0 Å². The zero-order chi connectivity index (χ0) is 30.3. The monoisotopic (exact) mass is 593 g/mol. The first kappa shape index (κ1) is 36.5. The third kappa shape index (κ3) is 17.2. The van der Waals surface area contributed by atoms with Gasteiger partial charge in [-0.3, -0.25) is 14.4 Å². The smallest absolute Gasteiger partial charge is 0.320 e. The van der Waals surface area contributed by atoms with Gasteiger partial charge < -0.3 is 32.2 Å². The summed E-state index contributed by atoms with van der Waals surface area (Å²) in [6.45, 7) is 1.14. The number of methoxy groups -OCH3 is 1. The molecule has 218 valence electrons. The number of para-hydroxylation sites is 1. The van der Waals surface area contributed by atoms with Gasteiger partial charge in [0, 0.05) is 22.7 Å². The van der Waals surface area contributed by atoms with Crippen LogP contribution in [-0.4, -0.2) is 48.1 Å². The number of aliphatic carboxylic acids is 2. The van der Waals surface area contributed by atoms with Crippen molar-refractivity contribution >= 4 is 41.4 Å². The lowest BCUT2D eigenvalue weighted by Gasteiger charge is -2.03. The molecule has 0 heterocycles. The molecule has 40 heavy (non-hydrogen) atoms. The number of benzene rings is 3. The first-order valence-electron chi connectivity index (χ1n) is 12.3. The summed E-state index contributed by atoms with van der Waals surface area (Å²) in [5.41, 5.74) is 18.2. The highest BCUT2D eigenvalue weighted by Gasteiger charge is 2.09. The summed E-state index contributed by atoms with van der Waals surface area (Å²) in [4.78, 5) is 30.5. The van der Waals surface area contributed by atoms with Crippen LogP contribution in [0.25, 0.3) is 0 Å². The van der Waals surface area contributed by atoms with Crippen LogP contribution in [0.1, 0.15) is 40.7 Å². The third-order valence-electron chi connectivity index (χ3n) is 4.99. The van der Waals surface area contributed by atoms with Crippen molar-refractivity contribution in [2.24, 2.45) is 17.2 Å². The van der Waals surface area contributed by atoms with E-state index in [0.29, 0.717) is 41.4 Å². The maximum atomic E-state index is 10.2. The largest absolute Gasteiger partial charge is 0.496 e. The number of ether oxygens (including phenoxy) is 1. The number of carbonyl (C=O) groups is 3. The molecule has 1 unspecified atom stereocenters. The molecule has 0 saturated carbocycles. The molecule has 8 N–H and O–H groups in total. The van der Waals surface area contributed by atoms with Gasteiger partial charge in [0.05, 0.1) is 18.6 Å². The summed E-state index contributed by atoms with van der Waals surface area (Å²) in [6.07, 6.45) is 2.97. The minimum Gasteiger partial charge on any atom is -0.496 e. The number of halogens is 2. The van der Waals surface area contributed by atoms with Crippen molar-refractivity contribution in [3.05, 3.63) is 99.5 Å². The molecule has 0 aliphatic carbocycles. The van der Waals surface area contributed by atoms with Gasteiger partial charge in [-0.1, -0.05) is 78.2 Å². The highest BCUT2D eigenvalue weighted by molar-refractivity contribution is 6.36. The molecule has 0 saturated heterocycles. The molecule has 0 fully saturated rings. The van der Waals surface area contributed by atoms with Crippen LogP contribution in [0.15, 0.2) is 72.8 Å². The van der Waals surface area contributed by atoms with Crippen molar-refractivity contribution in [2.45, 2.75) is 38.3 Å². The molecule has 3 aromatic carbocycles. The van der Waals surface area contributed by atoms with Crippen molar-refractivity contribution in [2.75, 3.05) is 13.7 Å². The van der Waals surface area contributed by atoms with Crippen molar-refractivity contribution in [1.82, 2.24) is 0 Å². The fourth-order valence-electron chi connectivity index (χ4n) is 2.87. The molecule has 0 aliphatic heterocycles. The number of carboxylic acid groups (broad SMARTS) is 2. The van der Waals surface area contributed by atoms with E-state index in [1.807, 2.05) is 42.5 Å². The van der Waals surface area contributed by atoms with Gasteiger partial charge in [-0.15, -0.1) is 0 Å². The second kappa shape index (κ2) is 22.4. The third-order valence-corrected chi connectivity index (χ3v) is 5.55. The Bertz CT molecular complexity index is 1130. The average Bonchev–Trinajstić information content (AvgIpc) is 2.94. The van der Waals surface area contributed by atoms with Crippen LogP contribution < -0.4 is 21.9 Å². The lowest BCUT2D eigenvalue weighted by atomic mass is 10.1. The SMILES string of the molecule is COc1ccccc1CN.NCCCCC(N)C(=O)O.O=C(O)Cc1ccccc1.O=Cc1ccc(Cl)cc1Cl. The molecule has 3 rings (SSSR count). The summed E-state index contributed by atoms with van der Waals surface area (Å²) >= 11 is 11.2. The molecule has 0 amide bonds. The first-order valence-corrected chi connectivity index (χ1v) is 13.0. The maximum absolute atomic E-state index is 10.2. The number of aldehydes is 1. The molecule has 0 spiro atoms. The molecular formula is C29H37Cl2N3O6. The molecule has 3 aromatic rings. The van der Waals surface area contributed by atoms with E-state index < -0.39 is 18.0 Å². The number of nitrogens with two attached hydrogens (primary N) is 3. The highest BCUT2D eigenvalue weighted by atomic mass is 35.5. The lowest BCUT2D eigenvalue weighted by Crippen LogP contribution is -2.29. The molecule has 0 radical (unpaired) electrons. The Kier molecular flexibility index (Phi) is 20.4. The zero-order valence-corrected chi connectivity index (χ0v) is 23.9. The fourth-order valence-corrected chi connectivity index (χ4v) is 3.32.